The van der Waals surface area contributed by atoms with Crippen molar-refractivity contribution in [1.29, 1.82) is 0 Å². The Morgan fingerprint density at radius 1 is 1.23 bits per heavy atom. The van der Waals surface area contributed by atoms with Gasteiger partial charge >= 0.3 is 0 Å². The molecule has 1 fully saturated rings. The van der Waals surface area contributed by atoms with Gasteiger partial charge in [-0.05, 0) is 43.2 Å². The minimum atomic E-state index is -3.05. The Morgan fingerprint density at radius 3 is 2.67 bits per heavy atom. The lowest BCUT2D eigenvalue weighted by Gasteiger charge is -2.19. The molecule has 9 nitrogen and oxygen atoms in total. The second-order valence-corrected chi connectivity index (χ2v) is 10.8. The molecule has 3 aromatic heterocycles. The smallest absolute Gasteiger partial charge is 0.264 e. The van der Waals surface area contributed by atoms with Crippen molar-refractivity contribution >= 4 is 34.9 Å². The Labute approximate surface area is 248 Å². The van der Waals surface area contributed by atoms with Crippen molar-refractivity contribution in [3.63, 3.8) is 0 Å². The summed E-state index contributed by atoms with van der Waals surface area (Å²) < 4.78 is 43.9. The number of benzene rings is 1. The molecule has 0 bridgehead atoms. The number of aromatic nitrogens is 4. The van der Waals surface area contributed by atoms with E-state index in [2.05, 4.69) is 27.2 Å². The normalized spacial score (nSPS) is 17.7. The molecule has 4 heterocycles. The highest BCUT2D eigenvalue weighted by Crippen LogP contribution is 2.37. The van der Waals surface area contributed by atoms with Crippen LogP contribution in [0.2, 0.25) is 5.02 Å². The van der Waals surface area contributed by atoms with Gasteiger partial charge in [0.15, 0.2) is 12.4 Å². The van der Waals surface area contributed by atoms with Crippen LogP contribution in [0.15, 0.2) is 55.2 Å². The highest BCUT2D eigenvalue weighted by atomic mass is 35.5. The number of anilines is 2. The highest BCUT2D eigenvalue weighted by molar-refractivity contribution is 6.31. The molecule has 0 saturated carbocycles. The number of pyridine rings is 2. The quantitative estimate of drug-likeness (QED) is 0.180. The molecule has 4 aromatic rings. The van der Waals surface area contributed by atoms with Crippen LogP contribution in [-0.2, 0) is 4.79 Å². The topological polar surface area (TPSA) is 107 Å². The number of fused-ring (bicyclic) bond motifs is 1. The molecular weight excluding hydrogens is 585 g/mol. The Morgan fingerprint density at radius 2 is 2.02 bits per heavy atom. The Balaban J connectivity index is 1.20. The lowest BCUT2D eigenvalue weighted by Crippen LogP contribution is -2.28. The molecule has 3 atom stereocenters. The van der Waals surface area contributed by atoms with Crippen molar-refractivity contribution in [2.75, 3.05) is 16.8 Å². The zero-order chi connectivity index (χ0) is 30.6. The standard InChI is InChI=1S/C30H22ClF3N6O3/c1-15-7-18(9-35-28(15)39-13-17-3-4-22(17)30(39)42)16(2)40-14-21(10-36-40)37-29(41)20-8-19(11-38(43)12-20)25-23(27(33)34)5-6-24(31)26(25)32/h5-12,14,16-17,22,27H,13H2,1-2H3,(H,37,41)/t16?,17-,22-/m1/s1. The minimum Gasteiger partial charge on any atom is -0.619 e. The third-order valence-electron chi connectivity index (χ3n) is 7.56. The summed E-state index contributed by atoms with van der Waals surface area (Å²) in [5.74, 6) is 4.41. The number of carbonyl (C=O) groups is 2. The van der Waals surface area contributed by atoms with Gasteiger partial charge in [0.2, 0.25) is 5.91 Å². The number of hydrogen-bond donors (Lipinski definition) is 1. The summed E-state index contributed by atoms with van der Waals surface area (Å²) in [7, 11) is 0. The van der Waals surface area contributed by atoms with Gasteiger partial charge in [-0.1, -0.05) is 29.5 Å². The van der Waals surface area contributed by atoms with Crippen LogP contribution in [0.4, 0.5) is 24.7 Å². The summed E-state index contributed by atoms with van der Waals surface area (Å²) in [5.41, 5.74) is 0.265. The maximum absolute atomic E-state index is 14.8. The lowest BCUT2D eigenvalue weighted by molar-refractivity contribution is -0.604. The fraction of sp³-hybridized carbons (Fsp3) is 0.233. The maximum Gasteiger partial charge on any atom is 0.264 e. The number of amides is 2. The van der Waals surface area contributed by atoms with Crippen molar-refractivity contribution < 1.29 is 27.5 Å². The van der Waals surface area contributed by atoms with Crippen LogP contribution in [0.3, 0.4) is 0 Å². The number of hydrogen-bond acceptors (Lipinski definition) is 5. The molecule has 13 heteroatoms. The molecule has 1 saturated heterocycles. The molecule has 43 heavy (non-hydrogen) atoms. The van der Waals surface area contributed by atoms with Gasteiger partial charge < -0.3 is 10.5 Å². The van der Waals surface area contributed by atoms with Crippen molar-refractivity contribution in [2.24, 2.45) is 11.8 Å². The molecule has 0 radical (unpaired) electrons. The number of carbonyl (C=O) groups excluding carboxylic acids is 2. The molecule has 2 amide bonds. The molecule has 1 aliphatic carbocycles. The maximum atomic E-state index is 14.8. The van der Waals surface area contributed by atoms with Crippen LogP contribution < -0.4 is 14.9 Å². The zero-order valence-electron chi connectivity index (χ0n) is 22.7. The Bertz CT molecular complexity index is 1870. The second kappa shape index (κ2) is 10.7. The number of halogens is 4. The fourth-order valence-electron chi connectivity index (χ4n) is 5.24. The Hall–Kier alpha value is -4.89. The minimum absolute atomic E-state index is 0.0344. The average Bonchev–Trinajstić information content (AvgIpc) is 3.50. The largest absolute Gasteiger partial charge is 0.619 e. The summed E-state index contributed by atoms with van der Waals surface area (Å²) in [6.45, 7) is 4.28. The summed E-state index contributed by atoms with van der Waals surface area (Å²) in [4.78, 5) is 31.8. The van der Waals surface area contributed by atoms with Crippen molar-refractivity contribution in [1.82, 2.24) is 14.8 Å². The first-order chi connectivity index (χ1) is 20.5. The molecule has 1 aromatic carbocycles. The number of alkyl halides is 2. The van der Waals surface area contributed by atoms with Crippen molar-refractivity contribution in [2.45, 2.75) is 26.3 Å². The fourth-order valence-corrected chi connectivity index (χ4v) is 5.40. The van der Waals surface area contributed by atoms with Crippen molar-refractivity contribution in [3.8, 4) is 23.0 Å². The van der Waals surface area contributed by atoms with E-state index in [1.54, 1.807) is 22.0 Å². The monoisotopic (exact) mass is 606 g/mol. The van der Waals surface area contributed by atoms with Crippen molar-refractivity contribution in [3.05, 3.63) is 93.6 Å². The van der Waals surface area contributed by atoms with E-state index in [-0.39, 0.29) is 39.6 Å². The SMILES string of the molecule is Cc1cc(C(C)n2cc(NC(=O)c3cc(-c4c(C(F)F)ccc(Cl)c4F)c[n+]([O-])c3)cn2)cnc1N1C[C@H]2C#C[C@H]2C1=O. The van der Waals surface area contributed by atoms with E-state index in [0.29, 0.717) is 18.1 Å². The van der Waals surface area contributed by atoms with Crippen LogP contribution in [-0.4, -0.2) is 33.1 Å². The van der Waals surface area contributed by atoms with E-state index in [0.717, 1.165) is 41.7 Å². The van der Waals surface area contributed by atoms with Crippen LogP contribution in [0, 0.1) is 41.6 Å². The molecule has 1 aliphatic heterocycles. The molecule has 2 aliphatic rings. The van der Waals surface area contributed by atoms with E-state index in [4.69, 9.17) is 11.6 Å². The zero-order valence-corrected chi connectivity index (χ0v) is 23.4. The molecular formula is C30H22ClF3N6O3. The number of nitrogens with one attached hydrogen (secondary N) is 1. The number of aryl methyl sites for hydroxylation is 1. The van der Waals surface area contributed by atoms with Gasteiger partial charge in [0.25, 0.3) is 12.3 Å². The molecule has 218 valence electrons. The number of rotatable bonds is 7. The van der Waals surface area contributed by atoms with E-state index >= 15 is 0 Å². The summed E-state index contributed by atoms with van der Waals surface area (Å²) in [5, 5.41) is 18.8. The van der Waals surface area contributed by atoms with Gasteiger partial charge in [-0.2, -0.15) is 9.83 Å². The third-order valence-corrected chi connectivity index (χ3v) is 7.85. The van der Waals surface area contributed by atoms with Gasteiger partial charge in [-0.15, -0.1) is 0 Å². The first-order valence-corrected chi connectivity index (χ1v) is 13.5. The van der Waals surface area contributed by atoms with Gasteiger partial charge in [0.1, 0.15) is 23.1 Å². The molecule has 0 spiro atoms. The van der Waals surface area contributed by atoms with Gasteiger partial charge in [0.05, 0.1) is 34.4 Å². The number of nitrogens with zero attached hydrogens (tertiary/aromatic N) is 5. The summed E-state index contributed by atoms with van der Waals surface area (Å²) in [6.07, 6.45) is 3.43. The first kappa shape index (κ1) is 28.2. The lowest BCUT2D eigenvalue weighted by atomic mass is 9.89. The van der Waals surface area contributed by atoms with E-state index in [1.807, 2.05) is 19.9 Å². The van der Waals surface area contributed by atoms with Gasteiger partial charge in [0, 0.05) is 30.1 Å². The average molecular weight is 607 g/mol. The molecule has 1 N–H and O–H groups in total. The van der Waals surface area contributed by atoms with E-state index in [1.165, 1.54) is 6.20 Å². The van der Waals surface area contributed by atoms with E-state index in [9.17, 15) is 28.0 Å². The molecule has 1 unspecified atom stereocenters. The highest BCUT2D eigenvalue weighted by Gasteiger charge is 2.44. The summed E-state index contributed by atoms with van der Waals surface area (Å²) >= 11 is 5.81. The Kier molecular flexibility index (Phi) is 7.06. The summed E-state index contributed by atoms with van der Waals surface area (Å²) in [6, 6.07) is 4.72. The predicted octanol–water partition coefficient (Wildman–Crippen LogP) is 5.07. The second-order valence-electron chi connectivity index (χ2n) is 10.4. The predicted molar refractivity (Wildman–Crippen MR) is 151 cm³/mol. The first-order valence-electron chi connectivity index (χ1n) is 13.2. The third kappa shape index (κ3) is 5.06. The van der Waals surface area contributed by atoms with Gasteiger partial charge in [-0.25, -0.2) is 18.2 Å². The van der Waals surface area contributed by atoms with Crippen LogP contribution >= 0.6 is 11.6 Å². The van der Waals surface area contributed by atoms with Crippen LogP contribution in [0.1, 0.15) is 46.4 Å². The molecule has 6 rings (SSSR count). The van der Waals surface area contributed by atoms with Gasteiger partial charge in [-0.3, -0.25) is 19.2 Å². The van der Waals surface area contributed by atoms with Crippen LogP contribution in [0.5, 0.6) is 0 Å². The van der Waals surface area contributed by atoms with E-state index < -0.39 is 34.3 Å². The van der Waals surface area contributed by atoms with Crippen LogP contribution in [0.25, 0.3) is 11.1 Å².